The van der Waals surface area contributed by atoms with Crippen molar-refractivity contribution in [2.75, 3.05) is 43.4 Å². The van der Waals surface area contributed by atoms with Gasteiger partial charge in [0.1, 0.15) is 5.69 Å². The van der Waals surface area contributed by atoms with E-state index >= 15 is 0 Å². The van der Waals surface area contributed by atoms with Gasteiger partial charge in [-0.05, 0) is 49.5 Å². The van der Waals surface area contributed by atoms with Crippen LogP contribution in [0.3, 0.4) is 0 Å². The van der Waals surface area contributed by atoms with Gasteiger partial charge in [0.05, 0.1) is 5.69 Å². The molecule has 7 nitrogen and oxygen atoms in total. The summed E-state index contributed by atoms with van der Waals surface area (Å²) >= 11 is 6.03. The SMILES string of the molecule is CN1CCN(c2ccc(Nc3nccc(-c4c[nH]nc4-c4ccc(Cl)cc4)n3)cc2)CC1. The summed E-state index contributed by atoms with van der Waals surface area (Å²) < 4.78 is 0. The summed E-state index contributed by atoms with van der Waals surface area (Å²) in [5, 5.41) is 11.4. The molecule has 1 aliphatic rings. The Morgan fingerprint density at radius 3 is 2.44 bits per heavy atom. The third kappa shape index (κ3) is 4.44. The van der Waals surface area contributed by atoms with Crippen LogP contribution in [0.1, 0.15) is 0 Å². The second kappa shape index (κ2) is 8.98. The molecule has 1 fully saturated rings. The normalized spacial score (nSPS) is 14.5. The molecule has 162 valence electrons. The molecule has 8 heteroatoms. The van der Waals surface area contributed by atoms with Crippen LogP contribution in [0.4, 0.5) is 17.3 Å². The van der Waals surface area contributed by atoms with Crippen molar-refractivity contribution in [2.45, 2.75) is 0 Å². The lowest BCUT2D eigenvalue weighted by molar-refractivity contribution is 0.313. The van der Waals surface area contributed by atoms with Crippen LogP contribution in [0.5, 0.6) is 0 Å². The van der Waals surface area contributed by atoms with Crippen LogP contribution in [0.2, 0.25) is 5.02 Å². The van der Waals surface area contributed by atoms with Crippen LogP contribution < -0.4 is 10.2 Å². The van der Waals surface area contributed by atoms with Crippen LogP contribution >= 0.6 is 11.6 Å². The molecule has 2 aromatic heterocycles. The Kier molecular flexibility index (Phi) is 5.75. The van der Waals surface area contributed by atoms with Crippen molar-refractivity contribution in [3.05, 3.63) is 72.0 Å². The molecule has 1 aliphatic heterocycles. The lowest BCUT2D eigenvalue weighted by Gasteiger charge is -2.34. The van der Waals surface area contributed by atoms with E-state index in [1.54, 1.807) is 6.20 Å². The molecule has 0 spiro atoms. The fraction of sp³-hybridized carbons (Fsp3) is 0.208. The molecule has 5 rings (SSSR count). The first-order valence-corrected chi connectivity index (χ1v) is 11.0. The van der Waals surface area contributed by atoms with Gasteiger partial charge in [-0.2, -0.15) is 5.10 Å². The summed E-state index contributed by atoms with van der Waals surface area (Å²) in [6.07, 6.45) is 3.60. The first-order chi connectivity index (χ1) is 15.7. The van der Waals surface area contributed by atoms with E-state index in [1.807, 2.05) is 36.5 Å². The highest BCUT2D eigenvalue weighted by atomic mass is 35.5. The topological polar surface area (TPSA) is 73.0 Å². The standard InChI is InChI=1S/C24H24ClN7/c1-31-12-14-32(15-13-31)20-8-6-19(7-9-20)28-24-26-11-10-22(29-24)21-16-27-30-23(21)17-2-4-18(25)5-3-17/h2-11,16H,12-15H2,1H3,(H,27,30)(H,26,28,29). The number of nitrogens with zero attached hydrogens (tertiary/aromatic N) is 5. The number of likely N-dealkylation sites (N-methyl/N-ethyl adjacent to an activating group) is 1. The summed E-state index contributed by atoms with van der Waals surface area (Å²) in [6.45, 7) is 4.28. The van der Waals surface area contributed by atoms with Crippen LogP contribution in [0.15, 0.2) is 67.0 Å². The van der Waals surface area contributed by atoms with Gasteiger partial charge in [-0.25, -0.2) is 9.97 Å². The Hall–Kier alpha value is -3.42. The van der Waals surface area contributed by atoms with Gasteiger partial charge >= 0.3 is 0 Å². The second-order valence-electron chi connectivity index (χ2n) is 7.88. The maximum Gasteiger partial charge on any atom is 0.227 e. The van der Waals surface area contributed by atoms with Crippen LogP contribution in [-0.2, 0) is 0 Å². The number of aromatic amines is 1. The number of rotatable bonds is 5. The summed E-state index contributed by atoms with van der Waals surface area (Å²) in [7, 11) is 2.17. The Bertz CT molecular complexity index is 1180. The van der Waals surface area contributed by atoms with Gasteiger partial charge in [0.2, 0.25) is 5.95 Å². The van der Waals surface area contributed by atoms with Crippen molar-refractivity contribution < 1.29 is 0 Å². The van der Waals surface area contributed by atoms with Crippen molar-refractivity contribution in [3.63, 3.8) is 0 Å². The number of anilines is 3. The predicted octanol–water partition coefficient (Wildman–Crippen LogP) is 4.68. The molecule has 1 saturated heterocycles. The van der Waals surface area contributed by atoms with E-state index < -0.39 is 0 Å². The molecular weight excluding hydrogens is 422 g/mol. The zero-order chi connectivity index (χ0) is 21.9. The molecule has 0 aliphatic carbocycles. The Morgan fingerprint density at radius 2 is 1.69 bits per heavy atom. The lowest BCUT2D eigenvalue weighted by atomic mass is 10.1. The highest BCUT2D eigenvalue weighted by Gasteiger charge is 2.15. The number of aromatic nitrogens is 4. The highest BCUT2D eigenvalue weighted by Crippen LogP contribution is 2.30. The van der Waals surface area contributed by atoms with Gasteiger partial charge in [-0.15, -0.1) is 0 Å². The van der Waals surface area contributed by atoms with E-state index in [0.29, 0.717) is 11.0 Å². The van der Waals surface area contributed by atoms with E-state index in [4.69, 9.17) is 16.6 Å². The molecule has 2 N–H and O–H groups in total. The number of benzene rings is 2. The highest BCUT2D eigenvalue weighted by molar-refractivity contribution is 6.30. The average molecular weight is 446 g/mol. The molecular formula is C24H24ClN7. The van der Waals surface area contributed by atoms with Crippen molar-refractivity contribution >= 4 is 28.9 Å². The van der Waals surface area contributed by atoms with E-state index in [1.165, 1.54) is 5.69 Å². The zero-order valence-electron chi connectivity index (χ0n) is 17.8. The molecule has 0 unspecified atom stereocenters. The average Bonchev–Trinajstić information content (AvgIpc) is 3.31. The fourth-order valence-electron chi connectivity index (χ4n) is 3.83. The van der Waals surface area contributed by atoms with Gasteiger partial charge in [0.25, 0.3) is 0 Å². The van der Waals surface area contributed by atoms with Gasteiger partial charge in [-0.1, -0.05) is 23.7 Å². The third-order valence-electron chi connectivity index (χ3n) is 5.68. The van der Waals surface area contributed by atoms with E-state index in [0.717, 1.165) is 54.4 Å². The van der Waals surface area contributed by atoms with Crippen molar-refractivity contribution in [2.24, 2.45) is 0 Å². The third-order valence-corrected chi connectivity index (χ3v) is 5.93. The minimum atomic E-state index is 0.540. The molecule has 4 aromatic rings. The van der Waals surface area contributed by atoms with Gasteiger partial charge in [-0.3, -0.25) is 5.10 Å². The van der Waals surface area contributed by atoms with Gasteiger partial charge in [0, 0.05) is 66.1 Å². The molecule has 0 amide bonds. The Labute approximate surface area is 192 Å². The first-order valence-electron chi connectivity index (χ1n) is 10.6. The maximum atomic E-state index is 6.03. The van der Waals surface area contributed by atoms with E-state index in [9.17, 15) is 0 Å². The summed E-state index contributed by atoms with van der Waals surface area (Å²) in [4.78, 5) is 13.9. The summed E-state index contributed by atoms with van der Waals surface area (Å²) in [5.74, 6) is 0.540. The largest absolute Gasteiger partial charge is 0.369 e. The first kappa shape index (κ1) is 20.5. The molecule has 0 bridgehead atoms. The second-order valence-corrected chi connectivity index (χ2v) is 8.32. The maximum absolute atomic E-state index is 6.03. The summed E-state index contributed by atoms with van der Waals surface area (Å²) in [6, 6.07) is 17.9. The van der Waals surface area contributed by atoms with Gasteiger partial charge < -0.3 is 15.1 Å². The monoisotopic (exact) mass is 445 g/mol. The molecule has 3 heterocycles. The Morgan fingerprint density at radius 1 is 0.938 bits per heavy atom. The number of hydrogen-bond acceptors (Lipinski definition) is 6. The van der Waals surface area contributed by atoms with Crippen LogP contribution in [-0.4, -0.2) is 58.3 Å². The number of H-pyrrole nitrogens is 1. The van der Waals surface area contributed by atoms with Crippen molar-refractivity contribution in [1.29, 1.82) is 0 Å². The van der Waals surface area contributed by atoms with E-state index in [-0.39, 0.29) is 0 Å². The minimum Gasteiger partial charge on any atom is -0.369 e. The molecule has 0 saturated carbocycles. The van der Waals surface area contributed by atoms with Crippen LogP contribution in [0, 0.1) is 0 Å². The zero-order valence-corrected chi connectivity index (χ0v) is 18.5. The van der Waals surface area contributed by atoms with Crippen molar-refractivity contribution in [3.8, 4) is 22.5 Å². The van der Waals surface area contributed by atoms with Crippen LogP contribution in [0.25, 0.3) is 22.5 Å². The Balaban J connectivity index is 1.33. The quantitative estimate of drug-likeness (QED) is 0.464. The molecule has 0 radical (unpaired) electrons. The minimum absolute atomic E-state index is 0.540. The molecule has 2 aromatic carbocycles. The van der Waals surface area contributed by atoms with Crippen molar-refractivity contribution in [1.82, 2.24) is 25.1 Å². The molecule has 32 heavy (non-hydrogen) atoms. The number of hydrogen-bond donors (Lipinski definition) is 2. The number of nitrogens with one attached hydrogen (secondary N) is 2. The summed E-state index contributed by atoms with van der Waals surface area (Å²) in [5.41, 5.74) is 5.68. The number of piperazine rings is 1. The fourth-order valence-corrected chi connectivity index (χ4v) is 3.96. The smallest absolute Gasteiger partial charge is 0.227 e. The van der Waals surface area contributed by atoms with E-state index in [2.05, 4.69) is 61.6 Å². The van der Waals surface area contributed by atoms with Gasteiger partial charge in [0.15, 0.2) is 0 Å². The predicted molar refractivity (Wildman–Crippen MR) is 129 cm³/mol. The lowest BCUT2D eigenvalue weighted by Crippen LogP contribution is -2.44. The number of halogens is 1. The molecule has 0 atom stereocenters.